The maximum absolute atomic E-state index is 13.4. The summed E-state index contributed by atoms with van der Waals surface area (Å²) in [6, 6.07) is 8.09. The molecular formula is C24H29N3O4S2. The minimum Gasteiger partial charge on any atom is -0.465 e. The normalized spacial score (nSPS) is 14.6. The van der Waals surface area contributed by atoms with Crippen LogP contribution < -0.4 is 10.9 Å². The zero-order valence-electron chi connectivity index (χ0n) is 18.8. The van der Waals surface area contributed by atoms with E-state index in [0.717, 1.165) is 22.9 Å². The van der Waals surface area contributed by atoms with Gasteiger partial charge in [0.2, 0.25) is 5.91 Å². The lowest BCUT2D eigenvalue weighted by molar-refractivity contribution is -0.139. The van der Waals surface area contributed by atoms with Gasteiger partial charge in [0.25, 0.3) is 5.56 Å². The summed E-state index contributed by atoms with van der Waals surface area (Å²) in [4.78, 5) is 42.5. The monoisotopic (exact) mass is 487 g/mol. The Morgan fingerprint density at radius 1 is 1.24 bits per heavy atom. The van der Waals surface area contributed by atoms with Crippen molar-refractivity contribution in [1.29, 1.82) is 0 Å². The number of thioether (sulfide) groups is 1. The summed E-state index contributed by atoms with van der Waals surface area (Å²) in [7, 11) is 0. The molecule has 0 atom stereocenters. The molecule has 1 aliphatic carbocycles. The van der Waals surface area contributed by atoms with Crippen LogP contribution >= 0.6 is 23.1 Å². The molecule has 2 aromatic heterocycles. The Bertz CT molecular complexity index is 1200. The molecule has 7 nitrogen and oxygen atoms in total. The number of nitrogens with zero attached hydrogens (tertiary/aromatic N) is 2. The topological polar surface area (TPSA) is 90.3 Å². The maximum atomic E-state index is 13.4. The number of benzene rings is 1. The predicted octanol–water partition coefficient (Wildman–Crippen LogP) is 4.50. The number of amides is 1. The molecular weight excluding hydrogens is 458 g/mol. The minimum atomic E-state index is -0.342. The van der Waals surface area contributed by atoms with Gasteiger partial charge in [-0.2, -0.15) is 0 Å². The summed E-state index contributed by atoms with van der Waals surface area (Å²) >= 11 is 2.64. The van der Waals surface area contributed by atoms with E-state index in [1.54, 1.807) is 11.5 Å². The van der Waals surface area contributed by atoms with Crippen LogP contribution in [0.2, 0.25) is 0 Å². The fourth-order valence-corrected chi connectivity index (χ4v) is 6.14. The van der Waals surface area contributed by atoms with Crippen molar-refractivity contribution in [2.45, 2.75) is 69.6 Å². The number of rotatable bonds is 9. The van der Waals surface area contributed by atoms with Crippen molar-refractivity contribution in [3.63, 3.8) is 0 Å². The first-order valence-corrected chi connectivity index (χ1v) is 13.4. The SMILES string of the molecule is CCOC(=O)CSc1nc2c(sc3ccccc32)c(=O)n1CCCC(=O)NC1CCCCC1. The van der Waals surface area contributed by atoms with E-state index in [1.165, 1.54) is 42.4 Å². The van der Waals surface area contributed by atoms with Gasteiger partial charge in [0.1, 0.15) is 4.70 Å². The molecule has 0 spiro atoms. The van der Waals surface area contributed by atoms with Crippen molar-refractivity contribution in [1.82, 2.24) is 14.9 Å². The van der Waals surface area contributed by atoms with Gasteiger partial charge in [0.05, 0.1) is 17.9 Å². The van der Waals surface area contributed by atoms with Crippen LogP contribution in [0.25, 0.3) is 20.3 Å². The van der Waals surface area contributed by atoms with Crippen molar-refractivity contribution in [3.05, 3.63) is 34.6 Å². The lowest BCUT2D eigenvalue weighted by Gasteiger charge is -2.22. The van der Waals surface area contributed by atoms with Gasteiger partial charge >= 0.3 is 5.97 Å². The summed E-state index contributed by atoms with van der Waals surface area (Å²) in [5, 5.41) is 4.55. The zero-order chi connectivity index (χ0) is 23.2. The van der Waals surface area contributed by atoms with Crippen LogP contribution in [0.3, 0.4) is 0 Å². The third-order valence-corrected chi connectivity index (χ3v) is 7.93. The molecule has 0 radical (unpaired) electrons. The fraction of sp³-hybridized carbons (Fsp3) is 0.500. The third kappa shape index (κ3) is 5.76. The number of hydrogen-bond acceptors (Lipinski definition) is 7. The molecule has 1 saturated carbocycles. The Morgan fingerprint density at radius 2 is 2.03 bits per heavy atom. The first-order valence-electron chi connectivity index (χ1n) is 11.6. The van der Waals surface area contributed by atoms with Gasteiger partial charge < -0.3 is 10.1 Å². The van der Waals surface area contributed by atoms with Crippen molar-refractivity contribution in [2.75, 3.05) is 12.4 Å². The maximum Gasteiger partial charge on any atom is 0.316 e. The second-order valence-electron chi connectivity index (χ2n) is 8.23. The number of ether oxygens (including phenoxy) is 1. The zero-order valence-corrected chi connectivity index (χ0v) is 20.4. The van der Waals surface area contributed by atoms with Crippen LogP contribution in [0.4, 0.5) is 0 Å². The number of fused-ring (bicyclic) bond motifs is 3. The van der Waals surface area contributed by atoms with Gasteiger partial charge in [-0.1, -0.05) is 49.2 Å². The van der Waals surface area contributed by atoms with Gasteiger partial charge in [-0.25, -0.2) is 4.98 Å². The van der Waals surface area contributed by atoms with E-state index in [1.807, 2.05) is 24.3 Å². The van der Waals surface area contributed by atoms with E-state index in [2.05, 4.69) is 5.32 Å². The lowest BCUT2D eigenvalue weighted by atomic mass is 9.95. The molecule has 0 bridgehead atoms. The highest BCUT2D eigenvalue weighted by molar-refractivity contribution is 7.99. The van der Waals surface area contributed by atoms with Gasteiger partial charge in [-0.05, 0) is 32.3 Å². The smallest absolute Gasteiger partial charge is 0.316 e. The van der Waals surface area contributed by atoms with Crippen LogP contribution in [-0.2, 0) is 20.9 Å². The van der Waals surface area contributed by atoms with Gasteiger partial charge in [0, 0.05) is 29.1 Å². The van der Waals surface area contributed by atoms with Gasteiger partial charge in [-0.15, -0.1) is 11.3 Å². The highest BCUT2D eigenvalue weighted by Crippen LogP contribution is 2.32. The molecule has 1 N–H and O–H groups in total. The molecule has 9 heteroatoms. The quantitative estimate of drug-likeness (QED) is 0.272. The molecule has 2 heterocycles. The van der Waals surface area contributed by atoms with Crippen LogP contribution in [0.15, 0.2) is 34.2 Å². The summed E-state index contributed by atoms with van der Waals surface area (Å²) in [5.74, 6) is -0.229. The number of nitrogens with one attached hydrogen (secondary N) is 1. The fourth-order valence-electron chi connectivity index (χ4n) is 4.23. The Morgan fingerprint density at radius 3 is 2.82 bits per heavy atom. The van der Waals surface area contributed by atoms with Crippen molar-refractivity contribution in [2.24, 2.45) is 0 Å². The Labute approximate surface area is 200 Å². The molecule has 176 valence electrons. The predicted molar refractivity (Wildman–Crippen MR) is 133 cm³/mol. The van der Waals surface area contributed by atoms with Gasteiger partial charge in [0.15, 0.2) is 5.16 Å². The summed E-state index contributed by atoms with van der Waals surface area (Å²) in [5.41, 5.74) is 0.540. The molecule has 0 aliphatic heterocycles. The highest BCUT2D eigenvalue weighted by atomic mass is 32.2. The lowest BCUT2D eigenvalue weighted by Crippen LogP contribution is -2.36. The van der Waals surface area contributed by atoms with E-state index in [0.29, 0.717) is 41.4 Å². The molecule has 3 aromatic rings. The number of carbonyl (C=O) groups is 2. The Kier molecular flexibility index (Phi) is 8.03. The second kappa shape index (κ2) is 11.2. The molecule has 1 aromatic carbocycles. The Hall–Kier alpha value is -2.39. The molecule has 1 aliphatic rings. The van der Waals surface area contributed by atoms with Crippen LogP contribution in [-0.4, -0.2) is 39.8 Å². The number of hydrogen-bond donors (Lipinski definition) is 1. The standard InChI is InChI=1S/C24H29N3O4S2/c1-2-31-20(29)15-32-24-26-21-17-11-6-7-12-18(17)33-22(21)23(30)27(24)14-8-13-19(28)25-16-9-4-3-5-10-16/h6-7,11-12,16H,2-5,8-10,13-15H2,1H3,(H,25,28). The van der Waals surface area contributed by atoms with Gasteiger partial charge in [-0.3, -0.25) is 19.0 Å². The van der Waals surface area contributed by atoms with E-state index in [4.69, 9.17) is 9.72 Å². The molecule has 0 unspecified atom stereocenters. The van der Waals surface area contributed by atoms with Crippen molar-refractivity contribution in [3.8, 4) is 0 Å². The van der Waals surface area contributed by atoms with E-state index in [-0.39, 0.29) is 29.2 Å². The minimum absolute atomic E-state index is 0.0339. The number of esters is 1. The summed E-state index contributed by atoms with van der Waals surface area (Å²) < 4.78 is 8.25. The van der Waals surface area contributed by atoms with E-state index in [9.17, 15) is 14.4 Å². The number of carbonyl (C=O) groups excluding carboxylic acids is 2. The second-order valence-corrected chi connectivity index (χ2v) is 10.2. The number of aromatic nitrogens is 2. The first-order chi connectivity index (χ1) is 16.1. The largest absolute Gasteiger partial charge is 0.465 e. The average Bonchev–Trinajstić information content (AvgIpc) is 3.19. The van der Waals surface area contributed by atoms with E-state index < -0.39 is 0 Å². The van der Waals surface area contributed by atoms with Crippen LogP contribution in [0, 0.1) is 0 Å². The molecule has 33 heavy (non-hydrogen) atoms. The summed E-state index contributed by atoms with van der Waals surface area (Å²) in [6.07, 6.45) is 6.57. The number of thiophene rings is 1. The molecule has 1 amide bonds. The Balaban J connectivity index is 1.53. The van der Waals surface area contributed by atoms with E-state index >= 15 is 0 Å². The molecule has 1 fully saturated rings. The first kappa shape index (κ1) is 23.8. The highest BCUT2D eigenvalue weighted by Gasteiger charge is 2.19. The van der Waals surface area contributed by atoms with Crippen LogP contribution in [0.1, 0.15) is 51.9 Å². The van der Waals surface area contributed by atoms with Crippen LogP contribution in [0.5, 0.6) is 0 Å². The third-order valence-electron chi connectivity index (χ3n) is 5.83. The average molecular weight is 488 g/mol. The molecule has 0 saturated heterocycles. The molecule has 4 rings (SSSR count). The van der Waals surface area contributed by atoms with Crippen molar-refractivity contribution >= 4 is 55.3 Å². The summed E-state index contributed by atoms with van der Waals surface area (Å²) in [6.45, 7) is 2.45. The van der Waals surface area contributed by atoms with Crippen molar-refractivity contribution < 1.29 is 14.3 Å².